The predicted molar refractivity (Wildman–Crippen MR) is 80.2 cm³/mol. The Morgan fingerprint density at radius 1 is 1.43 bits per heavy atom. The van der Waals surface area contributed by atoms with Crippen LogP contribution in [-0.2, 0) is 11.2 Å². The van der Waals surface area contributed by atoms with Crippen molar-refractivity contribution >= 4 is 17.4 Å². The van der Waals surface area contributed by atoms with Crippen molar-refractivity contribution in [3.63, 3.8) is 0 Å². The molecule has 2 rings (SSSR count). The van der Waals surface area contributed by atoms with Crippen LogP contribution in [0.1, 0.15) is 24.7 Å². The summed E-state index contributed by atoms with van der Waals surface area (Å²) in [7, 11) is 0. The lowest BCUT2D eigenvalue weighted by Gasteiger charge is -2.08. The molecule has 0 radical (unpaired) electrons. The van der Waals surface area contributed by atoms with E-state index in [1.807, 2.05) is 25.1 Å². The fourth-order valence-corrected chi connectivity index (χ4v) is 1.93. The highest BCUT2D eigenvalue weighted by Gasteiger charge is 2.07. The summed E-state index contributed by atoms with van der Waals surface area (Å²) in [5.74, 6) is 1.65. The van der Waals surface area contributed by atoms with Gasteiger partial charge in [-0.05, 0) is 38.0 Å². The van der Waals surface area contributed by atoms with Crippen molar-refractivity contribution < 1.29 is 14.1 Å². The molecular weight excluding hydrogens is 270 g/mol. The molecule has 0 saturated heterocycles. The van der Waals surface area contributed by atoms with Crippen LogP contribution in [0.15, 0.2) is 28.8 Å². The Balaban J connectivity index is 1.87. The molecule has 0 bridgehead atoms. The molecule has 6 nitrogen and oxygen atoms in total. The molecule has 112 valence electrons. The molecule has 1 heterocycles. The van der Waals surface area contributed by atoms with E-state index in [4.69, 9.17) is 15.0 Å². The van der Waals surface area contributed by atoms with Crippen LogP contribution in [0, 0.1) is 6.92 Å². The number of hydrogen-bond donors (Lipinski definition) is 2. The highest BCUT2D eigenvalue weighted by Crippen LogP contribution is 2.23. The summed E-state index contributed by atoms with van der Waals surface area (Å²) in [4.78, 5) is 11.8. The van der Waals surface area contributed by atoms with Gasteiger partial charge in [-0.1, -0.05) is 11.2 Å². The lowest BCUT2D eigenvalue weighted by Crippen LogP contribution is -2.12. The highest BCUT2D eigenvalue weighted by molar-refractivity contribution is 5.89. The minimum Gasteiger partial charge on any atom is -0.492 e. The summed E-state index contributed by atoms with van der Waals surface area (Å²) in [5.41, 5.74) is 7.47. The third-order valence-electron chi connectivity index (χ3n) is 2.91. The van der Waals surface area contributed by atoms with E-state index in [1.165, 1.54) is 0 Å². The Labute approximate surface area is 123 Å². The van der Waals surface area contributed by atoms with Gasteiger partial charge in [-0.25, -0.2) is 0 Å². The Hall–Kier alpha value is -2.50. The second kappa shape index (κ2) is 6.78. The van der Waals surface area contributed by atoms with Gasteiger partial charge in [-0.15, -0.1) is 0 Å². The monoisotopic (exact) mass is 289 g/mol. The first-order valence-corrected chi connectivity index (χ1v) is 6.83. The number of aromatic nitrogens is 1. The number of carbonyl (C=O) groups excluding carboxylic acids is 1. The molecule has 2 aromatic rings. The number of aryl methyl sites for hydroxylation is 2. The zero-order valence-corrected chi connectivity index (χ0v) is 12.2. The van der Waals surface area contributed by atoms with Gasteiger partial charge >= 0.3 is 0 Å². The smallest absolute Gasteiger partial charge is 0.225 e. The van der Waals surface area contributed by atoms with Crippen molar-refractivity contribution in [3.05, 3.63) is 35.6 Å². The van der Waals surface area contributed by atoms with Gasteiger partial charge in [0, 0.05) is 12.5 Å². The maximum atomic E-state index is 11.8. The largest absolute Gasteiger partial charge is 0.492 e. The molecule has 1 amide bonds. The van der Waals surface area contributed by atoms with E-state index >= 15 is 0 Å². The summed E-state index contributed by atoms with van der Waals surface area (Å²) in [6.45, 7) is 4.25. The van der Waals surface area contributed by atoms with Crippen LogP contribution in [0.4, 0.5) is 11.5 Å². The maximum Gasteiger partial charge on any atom is 0.225 e. The van der Waals surface area contributed by atoms with Gasteiger partial charge in [0.1, 0.15) is 11.5 Å². The van der Waals surface area contributed by atoms with Gasteiger partial charge in [0.05, 0.1) is 12.3 Å². The number of amides is 1. The Morgan fingerprint density at radius 2 is 2.24 bits per heavy atom. The van der Waals surface area contributed by atoms with Crippen molar-refractivity contribution in [2.75, 3.05) is 17.7 Å². The van der Waals surface area contributed by atoms with E-state index < -0.39 is 0 Å². The first-order chi connectivity index (χ1) is 10.1. The van der Waals surface area contributed by atoms with Gasteiger partial charge in [0.15, 0.2) is 5.82 Å². The lowest BCUT2D eigenvalue weighted by atomic mass is 10.1. The number of rotatable bonds is 6. The van der Waals surface area contributed by atoms with Crippen LogP contribution in [0.25, 0.3) is 0 Å². The van der Waals surface area contributed by atoms with Crippen molar-refractivity contribution in [2.24, 2.45) is 0 Å². The quantitative estimate of drug-likeness (QED) is 0.797. The minimum absolute atomic E-state index is 0.115. The molecule has 0 atom stereocenters. The molecule has 0 aliphatic rings. The van der Waals surface area contributed by atoms with E-state index in [9.17, 15) is 4.79 Å². The van der Waals surface area contributed by atoms with E-state index in [1.54, 1.807) is 13.0 Å². The molecule has 1 aromatic carbocycles. The number of benzene rings is 1. The second-order valence-electron chi connectivity index (χ2n) is 4.68. The van der Waals surface area contributed by atoms with Gasteiger partial charge < -0.3 is 20.3 Å². The Morgan fingerprint density at radius 3 is 2.86 bits per heavy atom. The first-order valence-electron chi connectivity index (χ1n) is 6.83. The topological polar surface area (TPSA) is 90.4 Å². The summed E-state index contributed by atoms with van der Waals surface area (Å²) in [6.07, 6.45) is 0.943. The highest BCUT2D eigenvalue weighted by atomic mass is 16.5. The summed E-state index contributed by atoms with van der Waals surface area (Å²) < 4.78 is 10.3. The third kappa shape index (κ3) is 4.24. The molecule has 1 aromatic heterocycles. The number of nitrogens with two attached hydrogens (primary N) is 1. The standard InChI is InChI=1S/C15H19N3O3/c1-3-20-13-6-4-11(9-12(13)16)5-7-15(19)17-14-8-10(2)21-18-14/h4,6,8-9H,3,5,7,16H2,1-2H3,(H,17,18,19). The van der Waals surface area contributed by atoms with Crippen LogP contribution in [0.3, 0.4) is 0 Å². The zero-order valence-electron chi connectivity index (χ0n) is 12.2. The lowest BCUT2D eigenvalue weighted by molar-refractivity contribution is -0.116. The summed E-state index contributed by atoms with van der Waals surface area (Å²) >= 11 is 0. The first kappa shape index (κ1) is 14.9. The van der Waals surface area contributed by atoms with Crippen LogP contribution in [-0.4, -0.2) is 17.7 Å². The molecule has 0 unspecified atom stereocenters. The Kier molecular flexibility index (Phi) is 4.81. The fraction of sp³-hybridized carbons (Fsp3) is 0.333. The molecule has 0 saturated carbocycles. The van der Waals surface area contributed by atoms with E-state index in [-0.39, 0.29) is 5.91 Å². The summed E-state index contributed by atoms with van der Waals surface area (Å²) in [6, 6.07) is 7.24. The Bertz CT molecular complexity index is 622. The number of nitrogens with zero attached hydrogens (tertiary/aromatic N) is 1. The average Bonchev–Trinajstić information content (AvgIpc) is 2.85. The average molecular weight is 289 g/mol. The number of hydrogen-bond acceptors (Lipinski definition) is 5. The van der Waals surface area contributed by atoms with Crippen LogP contribution in [0.2, 0.25) is 0 Å². The molecule has 6 heteroatoms. The molecule has 3 N–H and O–H groups in total. The molecule has 0 fully saturated rings. The SMILES string of the molecule is CCOc1ccc(CCC(=O)Nc2cc(C)on2)cc1N. The van der Waals surface area contributed by atoms with Gasteiger partial charge in [0.2, 0.25) is 5.91 Å². The fourth-order valence-electron chi connectivity index (χ4n) is 1.93. The normalized spacial score (nSPS) is 10.4. The number of anilines is 2. The van der Waals surface area contributed by atoms with Crippen LogP contribution < -0.4 is 15.8 Å². The molecule has 0 spiro atoms. The minimum atomic E-state index is -0.115. The van der Waals surface area contributed by atoms with E-state index in [0.29, 0.717) is 42.5 Å². The van der Waals surface area contributed by atoms with Crippen molar-refractivity contribution in [3.8, 4) is 5.75 Å². The van der Waals surface area contributed by atoms with Gasteiger partial charge in [-0.3, -0.25) is 4.79 Å². The van der Waals surface area contributed by atoms with E-state index in [2.05, 4.69) is 10.5 Å². The maximum absolute atomic E-state index is 11.8. The van der Waals surface area contributed by atoms with Crippen LogP contribution >= 0.6 is 0 Å². The van der Waals surface area contributed by atoms with Crippen molar-refractivity contribution in [2.45, 2.75) is 26.7 Å². The van der Waals surface area contributed by atoms with Crippen LogP contribution in [0.5, 0.6) is 5.75 Å². The zero-order chi connectivity index (χ0) is 15.2. The second-order valence-corrected chi connectivity index (χ2v) is 4.68. The number of carbonyl (C=O) groups is 1. The number of nitrogen functional groups attached to an aromatic ring is 1. The molecule has 0 aliphatic carbocycles. The predicted octanol–water partition coefficient (Wildman–Crippen LogP) is 2.54. The van der Waals surface area contributed by atoms with Gasteiger partial charge in [0.25, 0.3) is 0 Å². The van der Waals surface area contributed by atoms with Gasteiger partial charge in [-0.2, -0.15) is 0 Å². The van der Waals surface area contributed by atoms with Crippen molar-refractivity contribution in [1.29, 1.82) is 0 Å². The molecule has 0 aliphatic heterocycles. The van der Waals surface area contributed by atoms with E-state index in [0.717, 1.165) is 5.56 Å². The molecular formula is C15H19N3O3. The summed E-state index contributed by atoms with van der Waals surface area (Å²) in [5, 5.41) is 6.39. The number of nitrogens with one attached hydrogen (secondary N) is 1. The molecule has 21 heavy (non-hydrogen) atoms. The number of ether oxygens (including phenoxy) is 1. The van der Waals surface area contributed by atoms with Crippen molar-refractivity contribution in [1.82, 2.24) is 5.16 Å². The third-order valence-corrected chi connectivity index (χ3v) is 2.91.